The largest absolute Gasteiger partial charge is 0.359 e. The van der Waals surface area contributed by atoms with Crippen LogP contribution < -0.4 is 5.32 Å². The lowest BCUT2D eigenvalue weighted by Crippen LogP contribution is -2.64. The molecule has 0 unspecified atom stereocenters. The topological polar surface area (TPSA) is 92.6 Å². The van der Waals surface area contributed by atoms with Crippen molar-refractivity contribution in [1.29, 1.82) is 15.8 Å². The summed E-state index contributed by atoms with van der Waals surface area (Å²) in [6, 6.07) is 5.71. The summed E-state index contributed by atoms with van der Waals surface area (Å²) in [6.45, 7) is 5.07. The Morgan fingerprint density at radius 2 is 1.67 bits per heavy atom. The summed E-state index contributed by atoms with van der Waals surface area (Å²) in [6.07, 6.45) is 0. The van der Waals surface area contributed by atoms with Crippen molar-refractivity contribution in [2.45, 2.75) is 26.5 Å². The van der Waals surface area contributed by atoms with E-state index >= 15 is 0 Å². The van der Waals surface area contributed by atoms with Gasteiger partial charge in [0.2, 0.25) is 0 Å². The summed E-state index contributed by atoms with van der Waals surface area (Å²) in [7, 11) is 1.45. The highest BCUT2D eigenvalue weighted by Crippen LogP contribution is 2.54. The molecule has 1 N–H and O–H groups in total. The molecule has 1 rings (SSSR count). The minimum Gasteiger partial charge on any atom is -0.359 e. The Balaban J connectivity index is 3.75. The normalized spacial score (nSPS) is 28.6. The van der Waals surface area contributed by atoms with E-state index in [1.807, 2.05) is 18.2 Å². The zero-order chi connectivity index (χ0) is 14.2. The van der Waals surface area contributed by atoms with Crippen LogP contribution in [0.4, 0.5) is 0 Å². The Morgan fingerprint density at radius 3 is 2.00 bits per heavy atom. The summed E-state index contributed by atoms with van der Waals surface area (Å²) in [4.78, 5) is 0. The number of rotatable bonds is 1. The lowest BCUT2D eigenvalue weighted by Gasteiger charge is -2.52. The number of halogens is 1. The van der Waals surface area contributed by atoms with Crippen LogP contribution in [-0.2, 0) is 4.74 Å². The Hall–Kier alpha value is -1.74. The summed E-state index contributed by atoms with van der Waals surface area (Å²) in [5.41, 5.74) is -3.74. The average Bonchev–Trinajstić information content (AvgIpc) is 2.33. The Morgan fingerprint density at radius 1 is 1.17 bits per heavy atom. The van der Waals surface area contributed by atoms with E-state index in [9.17, 15) is 10.5 Å². The molecule has 0 aromatic carbocycles. The van der Waals surface area contributed by atoms with Crippen molar-refractivity contribution in [3.8, 4) is 18.2 Å². The summed E-state index contributed by atoms with van der Waals surface area (Å²) < 4.78 is 5.37. The summed E-state index contributed by atoms with van der Waals surface area (Å²) >= 11 is 5.98. The van der Waals surface area contributed by atoms with Crippen LogP contribution in [0.3, 0.4) is 0 Å². The first kappa shape index (κ1) is 14.3. The van der Waals surface area contributed by atoms with Crippen LogP contribution in [0.15, 0.2) is 10.7 Å². The maximum Gasteiger partial charge on any atom is 0.190 e. The number of hydrogen-bond donors (Lipinski definition) is 1. The zero-order valence-electron chi connectivity index (χ0n) is 10.6. The molecular weight excluding hydrogens is 252 g/mol. The predicted octanol–water partition coefficient (Wildman–Crippen LogP) is 1.99. The molecule has 94 valence electrons. The van der Waals surface area contributed by atoms with Gasteiger partial charge in [0, 0.05) is 12.5 Å². The van der Waals surface area contributed by atoms with Crippen LogP contribution in [-0.4, -0.2) is 12.8 Å². The lowest BCUT2D eigenvalue weighted by atomic mass is 9.57. The van der Waals surface area contributed by atoms with Crippen molar-refractivity contribution in [1.82, 2.24) is 5.32 Å². The SMILES string of the molecule is CO[C@]1(C)NC(Cl)=C(C#N)C(C#N)(C#N)C1(C)C. The maximum atomic E-state index is 9.42. The molecule has 0 saturated heterocycles. The van der Waals surface area contributed by atoms with Crippen LogP contribution in [0.25, 0.3) is 0 Å². The van der Waals surface area contributed by atoms with Gasteiger partial charge in [0.1, 0.15) is 17.0 Å². The van der Waals surface area contributed by atoms with Gasteiger partial charge in [-0.1, -0.05) is 25.4 Å². The van der Waals surface area contributed by atoms with Crippen molar-refractivity contribution < 1.29 is 4.74 Å². The van der Waals surface area contributed by atoms with Crippen molar-refractivity contribution >= 4 is 11.6 Å². The van der Waals surface area contributed by atoms with Crippen molar-refractivity contribution in [3.63, 3.8) is 0 Å². The highest BCUT2D eigenvalue weighted by molar-refractivity contribution is 6.30. The van der Waals surface area contributed by atoms with Gasteiger partial charge in [-0.15, -0.1) is 0 Å². The van der Waals surface area contributed by atoms with E-state index in [4.69, 9.17) is 21.6 Å². The minimum absolute atomic E-state index is 0.0238. The van der Waals surface area contributed by atoms with Gasteiger partial charge in [-0.3, -0.25) is 0 Å². The number of nitriles is 3. The fraction of sp³-hybridized carbons (Fsp3) is 0.583. The second-order valence-corrected chi connectivity index (χ2v) is 5.14. The van der Waals surface area contributed by atoms with E-state index in [0.717, 1.165) is 0 Å². The monoisotopic (exact) mass is 264 g/mol. The fourth-order valence-electron chi connectivity index (χ4n) is 2.12. The molecule has 0 amide bonds. The third kappa shape index (κ3) is 1.40. The molecule has 5 nitrogen and oxygen atoms in total. The molecule has 0 spiro atoms. The van der Waals surface area contributed by atoms with Crippen molar-refractivity contribution in [3.05, 3.63) is 10.7 Å². The van der Waals surface area contributed by atoms with E-state index in [0.29, 0.717) is 0 Å². The van der Waals surface area contributed by atoms with Gasteiger partial charge in [0.15, 0.2) is 5.41 Å². The standard InChI is InChI=1S/C12H13ClN4O/c1-10(2)11(3,18-4)17-9(13)8(5-14)12(10,6-15)7-16/h17H,1-4H3/t11-/m0/s1. The first-order chi connectivity index (χ1) is 8.26. The smallest absolute Gasteiger partial charge is 0.190 e. The molecule has 0 aliphatic carbocycles. The maximum absolute atomic E-state index is 9.42. The zero-order valence-corrected chi connectivity index (χ0v) is 11.4. The van der Waals surface area contributed by atoms with E-state index < -0.39 is 16.6 Å². The number of methoxy groups -OCH3 is 1. The number of hydrogen-bond acceptors (Lipinski definition) is 5. The quantitative estimate of drug-likeness (QED) is 0.731. The van der Waals surface area contributed by atoms with Crippen molar-refractivity contribution in [2.75, 3.05) is 7.11 Å². The first-order valence-corrected chi connectivity index (χ1v) is 5.60. The van der Waals surface area contributed by atoms with Gasteiger partial charge in [0.25, 0.3) is 0 Å². The Labute approximate surface area is 111 Å². The van der Waals surface area contributed by atoms with E-state index in [-0.39, 0.29) is 10.7 Å². The van der Waals surface area contributed by atoms with Gasteiger partial charge in [-0.25, -0.2) is 0 Å². The number of ether oxygens (including phenoxy) is 1. The highest BCUT2D eigenvalue weighted by Gasteiger charge is 2.63. The third-order valence-electron chi connectivity index (χ3n) is 3.93. The molecule has 6 heteroatoms. The Kier molecular flexibility index (Phi) is 3.32. The van der Waals surface area contributed by atoms with Crippen LogP contribution in [0.5, 0.6) is 0 Å². The van der Waals surface area contributed by atoms with E-state index in [1.165, 1.54) is 7.11 Å². The van der Waals surface area contributed by atoms with Crippen LogP contribution in [0.1, 0.15) is 20.8 Å². The third-order valence-corrected chi connectivity index (χ3v) is 4.21. The lowest BCUT2D eigenvalue weighted by molar-refractivity contribution is -0.133. The minimum atomic E-state index is -1.66. The molecule has 0 radical (unpaired) electrons. The second-order valence-electron chi connectivity index (χ2n) is 4.76. The molecular formula is C12H13ClN4O. The highest BCUT2D eigenvalue weighted by atomic mass is 35.5. The summed E-state index contributed by atoms with van der Waals surface area (Å²) in [5, 5.41) is 30.8. The molecule has 18 heavy (non-hydrogen) atoms. The number of allylic oxidation sites excluding steroid dienone is 1. The van der Waals surface area contributed by atoms with Gasteiger partial charge in [-0.05, 0) is 6.92 Å². The van der Waals surface area contributed by atoms with Gasteiger partial charge in [0.05, 0.1) is 17.7 Å². The van der Waals surface area contributed by atoms with E-state index in [1.54, 1.807) is 20.8 Å². The molecule has 0 bridgehead atoms. The molecule has 1 heterocycles. The van der Waals surface area contributed by atoms with E-state index in [2.05, 4.69) is 5.32 Å². The van der Waals surface area contributed by atoms with Crippen LogP contribution >= 0.6 is 11.6 Å². The first-order valence-electron chi connectivity index (χ1n) is 5.22. The molecule has 1 atom stereocenters. The predicted molar refractivity (Wildman–Crippen MR) is 64.5 cm³/mol. The van der Waals surface area contributed by atoms with Gasteiger partial charge >= 0.3 is 0 Å². The molecule has 0 aromatic rings. The van der Waals surface area contributed by atoms with Crippen LogP contribution in [0.2, 0.25) is 0 Å². The van der Waals surface area contributed by atoms with Gasteiger partial charge < -0.3 is 10.1 Å². The Bertz CT molecular complexity index is 518. The summed E-state index contributed by atoms with van der Waals surface area (Å²) in [5.74, 6) is 0. The van der Waals surface area contributed by atoms with Gasteiger partial charge in [-0.2, -0.15) is 15.8 Å². The van der Waals surface area contributed by atoms with Crippen LogP contribution in [0, 0.1) is 44.8 Å². The molecule has 0 fully saturated rings. The molecule has 0 saturated carbocycles. The number of nitrogens with zero attached hydrogens (tertiary/aromatic N) is 3. The molecule has 0 aromatic heterocycles. The average molecular weight is 265 g/mol. The molecule has 1 aliphatic rings. The number of nitrogens with one attached hydrogen (secondary N) is 1. The second kappa shape index (κ2) is 4.18. The van der Waals surface area contributed by atoms with Crippen molar-refractivity contribution in [2.24, 2.45) is 10.8 Å². The fourth-order valence-corrected chi connectivity index (χ4v) is 2.48. The molecule has 1 aliphatic heterocycles.